The molecule has 1 saturated carbocycles. The molecule has 1 aliphatic rings. The lowest BCUT2D eigenvalue weighted by Crippen LogP contribution is -2.32. The van der Waals surface area contributed by atoms with Crippen molar-refractivity contribution in [1.29, 1.82) is 0 Å². The monoisotopic (exact) mass is 234 g/mol. The Morgan fingerprint density at radius 3 is 2.31 bits per heavy atom. The number of carbonyl (C=O) groups is 1. The van der Waals surface area contributed by atoms with Crippen LogP contribution in [0.2, 0.25) is 0 Å². The molecule has 86 valence electrons. The van der Waals surface area contributed by atoms with Gasteiger partial charge in [-0.2, -0.15) is 0 Å². The van der Waals surface area contributed by atoms with E-state index in [4.69, 9.17) is 0 Å². The maximum absolute atomic E-state index is 11.2. The van der Waals surface area contributed by atoms with Gasteiger partial charge in [0.1, 0.15) is 5.78 Å². The van der Waals surface area contributed by atoms with Gasteiger partial charge in [0.05, 0.1) is 0 Å². The van der Waals surface area contributed by atoms with Gasteiger partial charge in [-0.15, -0.1) is 11.8 Å². The van der Waals surface area contributed by atoms with Gasteiger partial charge in [0.15, 0.2) is 0 Å². The zero-order chi connectivity index (χ0) is 11.7. The molecule has 0 aliphatic heterocycles. The number of hydrogen-bond donors (Lipinski definition) is 0. The highest BCUT2D eigenvalue weighted by atomic mass is 32.2. The average molecular weight is 234 g/mol. The summed E-state index contributed by atoms with van der Waals surface area (Å²) in [4.78, 5) is 12.5. The highest BCUT2D eigenvalue weighted by Crippen LogP contribution is 2.39. The van der Waals surface area contributed by atoms with Gasteiger partial charge in [0.2, 0.25) is 0 Å². The van der Waals surface area contributed by atoms with Crippen molar-refractivity contribution in [3.63, 3.8) is 0 Å². The molecule has 2 unspecified atom stereocenters. The lowest BCUT2D eigenvalue weighted by atomic mass is 9.70. The summed E-state index contributed by atoms with van der Waals surface area (Å²) in [5, 5.41) is 0.620. The average Bonchev–Trinajstić information content (AvgIpc) is 2.26. The van der Waals surface area contributed by atoms with Crippen LogP contribution in [-0.2, 0) is 4.79 Å². The molecule has 0 spiro atoms. The third-order valence-corrected chi connectivity index (χ3v) is 4.23. The SMILES string of the molecule is CC(C)Sc1ccc(C2CC(=O)C2C)cc1. The van der Waals surface area contributed by atoms with E-state index < -0.39 is 0 Å². The Hall–Kier alpha value is -0.760. The largest absolute Gasteiger partial charge is 0.299 e. The van der Waals surface area contributed by atoms with Gasteiger partial charge in [-0.05, 0) is 17.7 Å². The van der Waals surface area contributed by atoms with Crippen LogP contribution in [0.3, 0.4) is 0 Å². The zero-order valence-corrected chi connectivity index (χ0v) is 10.9. The van der Waals surface area contributed by atoms with Gasteiger partial charge < -0.3 is 0 Å². The van der Waals surface area contributed by atoms with Crippen molar-refractivity contribution in [2.45, 2.75) is 43.3 Å². The summed E-state index contributed by atoms with van der Waals surface area (Å²) in [6.07, 6.45) is 0.734. The Labute approximate surface area is 102 Å². The van der Waals surface area contributed by atoms with E-state index in [0.717, 1.165) is 6.42 Å². The zero-order valence-electron chi connectivity index (χ0n) is 10.1. The smallest absolute Gasteiger partial charge is 0.136 e. The molecule has 0 saturated heterocycles. The van der Waals surface area contributed by atoms with Crippen molar-refractivity contribution < 1.29 is 4.79 Å². The standard InChI is InChI=1S/C14H18OS/c1-9(2)16-12-6-4-11(5-7-12)13-8-14(15)10(13)3/h4-7,9-10,13H,8H2,1-3H3. The van der Waals surface area contributed by atoms with Crippen LogP contribution in [0.15, 0.2) is 29.2 Å². The Bertz CT molecular complexity index is 380. The molecular weight excluding hydrogens is 216 g/mol. The third kappa shape index (κ3) is 2.32. The number of hydrogen-bond acceptors (Lipinski definition) is 2. The first-order chi connectivity index (χ1) is 7.58. The predicted molar refractivity (Wildman–Crippen MR) is 69.0 cm³/mol. The number of benzene rings is 1. The van der Waals surface area contributed by atoms with Gasteiger partial charge in [0, 0.05) is 28.4 Å². The maximum Gasteiger partial charge on any atom is 0.136 e. The van der Waals surface area contributed by atoms with Crippen molar-refractivity contribution in [2.24, 2.45) is 5.92 Å². The minimum atomic E-state index is 0.226. The molecule has 1 fully saturated rings. The van der Waals surface area contributed by atoms with E-state index >= 15 is 0 Å². The second-order valence-corrected chi connectivity index (χ2v) is 6.45. The number of carbonyl (C=O) groups excluding carboxylic acids is 1. The topological polar surface area (TPSA) is 17.1 Å². The highest BCUT2D eigenvalue weighted by Gasteiger charge is 2.36. The summed E-state index contributed by atoms with van der Waals surface area (Å²) >= 11 is 1.88. The van der Waals surface area contributed by atoms with E-state index in [1.807, 2.05) is 18.7 Å². The first-order valence-corrected chi connectivity index (χ1v) is 6.75. The molecule has 1 aliphatic carbocycles. The molecule has 0 aromatic heterocycles. The van der Waals surface area contributed by atoms with Gasteiger partial charge >= 0.3 is 0 Å². The summed E-state index contributed by atoms with van der Waals surface area (Å²) in [6.45, 7) is 6.43. The van der Waals surface area contributed by atoms with Crippen LogP contribution in [-0.4, -0.2) is 11.0 Å². The van der Waals surface area contributed by atoms with Crippen molar-refractivity contribution in [2.75, 3.05) is 0 Å². The van der Waals surface area contributed by atoms with Gasteiger partial charge in [-0.25, -0.2) is 0 Å². The molecule has 1 aromatic carbocycles. The van der Waals surface area contributed by atoms with E-state index in [9.17, 15) is 4.79 Å². The second-order valence-electron chi connectivity index (χ2n) is 4.80. The molecule has 1 nitrogen and oxygen atoms in total. The molecule has 0 radical (unpaired) electrons. The van der Waals surface area contributed by atoms with E-state index in [2.05, 4.69) is 38.1 Å². The van der Waals surface area contributed by atoms with Crippen LogP contribution in [0.1, 0.15) is 38.7 Å². The van der Waals surface area contributed by atoms with Gasteiger partial charge in [-0.1, -0.05) is 32.9 Å². The minimum absolute atomic E-state index is 0.226. The van der Waals surface area contributed by atoms with Crippen LogP contribution < -0.4 is 0 Å². The molecule has 0 bridgehead atoms. The van der Waals surface area contributed by atoms with E-state index in [0.29, 0.717) is 17.0 Å². The fourth-order valence-corrected chi connectivity index (χ4v) is 2.95. The number of rotatable bonds is 3. The molecule has 2 atom stereocenters. The molecule has 1 aromatic rings. The fourth-order valence-electron chi connectivity index (χ4n) is 2.12. The second kappa shape index (κ2) is 4.62. The van der Waals surface area contributed by atoms with Gasteiger partial charge in [-0.3, -0.25) is 4.79 Å². The lowest BCUT2D eigenvalue weighted by molar-refractivity contribution is -0.130. The van der Waals surface area contributed by atoms with Gasteiger partial charge in [0.25, 0.3) is 0 Å². The Kier molecular flexibility index (Phi) is 3.38. The molecule has 2 heteroatoms. The van der Waals surface area contributed by atoms with E-state index in [-0.39, 0.29) is 5.92 Å². The van der Waals surface area contributed by atoms with Crippen LogP contribution >= 0.6 is 11.8 Å². The predicted octanol–water partition coefficient (Wildman–Crippen LogP) is 3.88. The molecule has 0 amide bonds. The fraction of sp³-hybridized carbons (Fsp3) is 0.500. The molecular formula is C14H18OS. The molecule has 16 heavy (non-hydrogen) atoms. The van der Waals surface area contributed by atoms with E-state index in [1.54, 1.807) is 0 Å². The van der Waals surface area contributed by atoms with Crippen molar-refractivity contribution in [3.8, 4) is 0 Å². The van der Waals surface area contributed by atoms with Crippen molar-refractivity contribution >= 4 is 17.5 Å². The quantitative estimate of drug-likeness (QED) is 0.738. The lowest BCUT2D eigenvalue weighted by Gasteiger charge is -2.32. The van der Waals surface area contributed by atoms with Crippen LogP contribution in [0.25, 0.3) is 0 Å². The highest BCUT2D eigenvalue weighted by molar-refractivity contribution is 7.99. The van der Waals surface area contributed by atoms with Crippen LogP contribution in [0.5, 0.6) is 0 Å². The summed E-state index contributed by atoms with van der Waals surface area (Å²) in [5.74, 6) is 1.10. The van der Waals surface area contributed by atoms with Crippen molar-refractivity contribution in [1.82, 2.24) is 0 Å². The first-order valence-electron chi connectivity index (χ1n) is 5.87. The maximum atomic E-state index is 11.2. The Balaban J connectivity index is 2.05. The minimum Gasteiger partial charge on any atom is -0.299 e. The molecule has 0 heterocycles. The normalized spacial score (nSPS) is 24.6. The third-order valence-electron chi connectivity index (χ3n) is 3.21. The summed E-state index contributed by atoms with van der Waals surface area (Å²) < 4.78 is 0. The Morgan fingerprint density at radius 1 is 1.25 bits per heavy atom. The van der Waals surface area contributed by atoms with Crippen LogP contribution in [0, 0.1) is 5.92 Å². The number of Topliss-reactive ketones (excluding diaryl/α,β-unsaturated/α-hetero) is 1. The summed E-state index contributed by atoms with van der Waals surface area (Å²) in [7, 11) is 0. The number of thioether (sulfide) groups is 1. The number of ketones is 1. The summed E-state index contributed by atoms with van der Waals surface area (Å²) in [6, 6.07) is 8.71. The molecule has 2 rings (SSSR count). The van der Waals surface area contributed by atoms with Crippen molar-refractivity contribution in [3.05, 3.63) is 29.8 Å². The Morgan fingerprint density at radius 2 is 1.88 bits per heavy atom. The molecule has 0 N–H and O–H groups in total. The van der Waals surface area contributed by atoms with Crippen LogP contribution in [0.4, 0.5) is 0 Å². The first kappa shape index (κ1) is 11.7. The summed E-state index contributed by atoms with van der Waals surface area (Å²) in [5.41, 5.74) is 1.32. The van der Waals surface area contributed by atoms with E-state index in [1.165, 1.54) is 10.5 Å².